The summed E-state index contributed by atoms with van der Waals surface area (Å²) < 4.78 is 0. The van der Waals surface area contributed by atoms with Crippen LogP contribution in [0.3, 0.4) is 0 Å². The molecule has 6 heteroatoms. The Morgan fingerprint density at radius 3 is 2.59 bits per heavy atom. The van der Waals surface area contributed by atoms with E-state index in [0.29, 0.717) is 25.1 Å². The van der Waals surface area contributed by atoms with E-state index < -0.39 is 0 Å². The number of rotatable bonds is 2. The zero-order valence-electron chi connectivity index (χ0n) is 15.6. The molecular weight excluding hydrogens is 340 g/mol. The van der Waals surface area contributed by atoms with Crippen molar-refractivity contribution in [1.29, 1.82) is 0 Å². The van der Waals surface area contributed by atoms with E-state index in [0.717, 1.165) is 37.9 Å². The quantitative estimate of drug-likeness (QED) is 0.762. The number of carbonyl (C=O) groups excluding carboxylic acids is 2. The third-order valence-corrected chi connectivity index (χ3v) is 4.90. The number of H-pyrrole nitrogens is 1. The maximum atomic E-state index is 12.7. The minimum absolute atomic E-state index is 0.0181. The predicted octanol–water partition coefficient (Wildman–Crippen LogP) is 2.48. The number of nitrogens with one attached hydrogen (secondary N) is 3. The molecule has 1 atom stereocenters. The molecule has 1 aliphatic heterocycles. The van der Waals surface area contributed by atoms with Crippen molar-refractivity contribution in [3.8, 4) is 0 Å². The summed E-state index contributed by atoms with van der Waals surface area (Å²) in [5, 5.41) is 6.50. The van der Waals surface area contributed by atoms with Gasteiger partial charge in [-0.3, -0.25) is 9.59 Å². The second kappa shape index (κ2) is 9.92. The van der Waals surface area contributed by atoms with Crippen LogP contribution in [0.4, 0.5) is 0 Å². The first-order valence-corrected chi connectivity index (χ1v) is 9.71. The van der Waals surface area contributed by atoms with Crippen molar-refractivity contribution in [2.45, 2.75) is 31.7 Å². The Bertz CT molecular complexity index is 715. The van der Waals surface area contributed by atoms with E-state index in [1.807, 2.05) is 23.1 Å². The fourth-order valence-corrected chi connectivity index (χ4v) is 3.41. The molecule has 1 fully saturated rings. The molecule has 6 nitrogen and oxygen atoms in total. The highest BCUT2D eigenvalue weighted by Gasteiger charge is 2.18. The lowest BCUT2D eigenvalue weighted by Crippen LogP contribution is -2.35. The van der Waals surface area contributed by atoms with E-state index in [1.54, 1.807) is 18.5 Å². The van der Waals surface area contributed by atoms with Crippen LogP contribution in [0.1, 0.15) is 47.6 Å². The number of aromatic nitrogens is 1. The average Bonchev–Trinajstić information content (AvgIpc) is 3.23. The Morgan fingerprint density at radius 1 is 1.00 bits per heavy atom. The molecule has 2 aromatic rings. The number of nitrogens with zero attached hydrogens (tertiary/aromatic N) is 1. The van der Waals surface area contributed by atoms with E-state index in [9.17, 15) is 9.59 Å². The van der Waals surface area contributed by atoms with Gasteiger partial charge in [-0.25, -0.2) is 0 Å². The van der Waals surface area contributed by atoms with Crippen LogP contribution in [0, 0.1) is 0 Å². The minimum Gasteiger partial charge on any atom is -0.367 e. The summed E-state index contributed by atoms with van der Waals surface area (Å²) in [7, 11) is 0. The van der Waals surface area contributed by atoms with Crippen LogP contribution >= 0.6 is 0 Å². The van der Waals surface area contributed by atoms with Gasteiger partial charge in [0.25, 0.3) is 5.91 Å². The van der Waals surface area contributed by atoms with Gasteiger partial charge < -0.3 is 20.5 Å². The minimum atomic E-state index is 0.0181. The van der Waals surface area contributed by atoms with Gasteiger partial charge in [-0.2, -0.15) is 0 Å². The molecule has 0 saturated carbocycles. The topological polar surface area (TPSA) is 77.2 Å². The number of hydrogen-bond donors (Lipinski definition) is 3. The van der Waals surface area contributed by atoms with Gasteiger partial charge in [0.1, 0.15) is 0 Å². The summed E-state index contributed by atoms with van der Waals surface area (Å²) in [5.41, 5.74) is 1.82. The van der Waals surface area contributed by atoms with Gasteiger partial charge in [-0.05, 0) is 37.4 Å². The fourth-order valence-electron chi connectivity index (χ4n) is 3.41. The zero-order chi connectivity index (χ0) is 18.9. The highest BCUT2D eigenvalue weighted by atomic mass is 16.2. The normalized spacial score (nSPS) is 20.1. The maximum Gasteiger partial charge on any atom is 0.255 e. The molecule has 1 unspecified atom stereocenters. The number of amides is 2. The number of carbonyl (C=O) groups is 2. The van der Waals surface area contributed by atoms with Crippen molar-refractivity contribution in [2.75, 3.05) is 26.2 Å². The smallest absolute Gasteiger partial charge is 0.255 e. The summed E-state index contributed by atoms with van der Waals surface area (Å²) in [6.07, 6.45) is 6.58. The molecule has 144 valence electrons. The van der Waals surface area contributed by atoms with Gasteiger partial charge in [-0.15, -0.1) is 0 Å². The molecule has 1 aliphatic rings. The summed E-state index contributed by atoms with van der Waals surface area (Å²) in [5.74, 6) is 0.0895. The molecular formula is C21H28N4O2. The zero-order valence-corrected chi connectivity index (χ0v) is 15.6. The molecule has 0 radical (unpaired) electrons. The Morgan fingerprint density at radius 2 is 1.81 bits per heavy atom. The lowest BCUT2D eigenvalue weighted by molar-refractivity contribution is -0.121. The van der Waals surface area contributed by atoms with Crippen LogP contribution in [0.15, 0.2) is 48.8 Å². The van der Waals surface area contributed by atoms with E-state index in [1.165, 1.54) is 0 Å². The second-order valence-corrected chi connectivity index (χ2v) is 6.92. The first-order valence-electron chi connectivity index (χ1n) is 9.71. The SMILES string of the molecule is O=C1CC(c2ccccc2)NCCCCN(C(=O)c2cc[nH]c2)CCCN1. The van der Waals surface area contributed by atoms with Gasteiger partial charge in [0.05, 0.1) is 5.56 Å². The van der Waals surface area contributed by atoms with Crippen molar-refractivity contribution in [3.63, 3.8) is 0 Å². The van der Waals surface area contributed by atoms with Crippen molar-refractivity contribution in [2.24, 2.45) is 0 Å². The fraction of sp³-hybridized carbons (Fsp3) is 0.429. The molecule has 3 rings (SSSR count). The molecule has 27 heavy (non-hydrogen) atoms. The summed E-state index contributed by atoms with van der Waals surface area (Å²) in [6, 6.07) is 11.9. The molecule has 0 spiro atoms. The Labute approximate surface area is 160 Å². The lowest BCUT2D eigenvalue weighted by atomic mass is 10.0. The number of hydrogen-bond acceptors (Lipinski definition) is 3. The van der Waals surface area contributed by atoms with Crippen LogP contribution in [0.25, 0.3) is 0 Å². The largest absolute Gasteiger partial charge is 0.367 e. The Hall–Kier alpha value is -2.60. The van der Waals surface area contributed by atoms with Gasteiger partial charge in [0.2, 0.25) is 5.91 Å². The highest BCUT2D eigenvalue weighted by Crippen LogP contribution is 2.17. The van der Waals surface area contributed by atoms with Crippen molar-refractivity contribution in [3.05, 3.63) is 59.9 Å². The van der Waals surface area contributed by atoms with Crippen LogP contribution in [-0.2, 0) is 4.79 Å². The first-order chi connectivity index (χ1) is 13.2. The second-order valence-electron chi connectivity index (χ2n) is 6.92. The number of benzene rings is 1. The summed E-state index contributed by atoms with van der Waals surface area (Å²) in [6.45, 7) is 2.78. The van der Waals surface area contributed by atoms with E-state index >= 15 is 0 Å². The molecule has 1 saturated heterocycles. The van der Waals surface area contributed by atoms with Crippen LogP contribution in [0.2, 0.25) is 0 Å². The molecule has 0 aliphatic carbocycles. The molecule has 1 aromatic carbocycles. The Kier molecular flexibility index (Phi) is 7.04. The lowest BCUT2D eigenvalue weighted by Gasteiger charge is -2.22. The molecule has 0 bridgehead atoms. The molecule has 3 N–H and O–H groups in total. The Balaban J connectivity index is 1.62. The molecule has 2 heterocycles. The first kappa shape index (κ1) is 19.2. The third kappa shape index (κ3) is 5.69. The van der Waals surface area contributed by atoms with Crippen molar-refractivity contribution in [1.82, 2.24) is 20.5 Å². The summed E-state index contributed by atoms with van der Waals surface area (Å²) >= 11 is 0. The third-order valence-electron chi connectivity index (χ3n) is 4.90. The van der Waals surface area contributed by atoms with E-state index in [-0.39, 0.29) is 17.9 Å². The van der Waals surface area contributed by atoms with Crippen LogP contribution < -0.4 is 10.6 Å². The standard InChI is InChI=1S/C21H28N4O2/c26-20-15-19(17-7-2-1-3-8-17)23-10-4-5-13-25(14-6-11-24-20)21(27)18-9-12-22-16-18/h1-3,7-9,12,16,19,22-23H,4-6,10-11,13-15H2,(H,24,26). The van der Waals surface area contributed by atoms with Crippen molar-refractivity contribution >= 4 is 11.8 Å². The van der Waals surface area contributed by atoms with Crippen LogP contribution in [0.5, 0.6) is 0 Å². The maximum absolute atomic E-state index is 12.7. The van der Waals surface area contributed by atoms with Crippen molar-refractivity contribution < 1.29 is 9.59 Å². The van der Waals surface area contributed by atoms with E-state index in [4.69, 9.17) is 0 Å². The summed E-state index contributed by atoms with van der Waals surface area (Å²) in [4.78, 5) is 29.8. The van der Waals surface area contributed by atoms with Gasteiger partial charge in [0.15, 0.2) is 0 Å². The monoisotopic (exact) mass is 368 g/mol. The predicted molar refractivity (Wildman–Crippen MR) is 105 cm³/mol. The average molecular weight is 368 g/mol. The molecule has 2 amide bonds. The van der Waals surface area contributed by atoms with Gasteiger partial charge in [0, 0.05) is 44.5 Å². The van der Waals surface area contributed by atoms with Gasteiger partial charge >= 0.3 is 0 Å². The highest BCUT2D eigenvalue weighted by molar-refractivity contribution is 5.94. The van der Waals surface area contributed by atoms with E-state index in [2.05, 4.69) is 27.8 Å². The number of aromatic amines is 1. The van der Waals surface area contributed by atoms with Gasteiger partial charge in [-0.1, -0.05) is 30.3 Å². The molecule has 1 aromatic heterocycles. The van der Waals surface area contributed by atoms with Crippen LogP contribution in [-0.4, -0.2) is 47.9 Å².